The summed E-state index contributed by atoms with van der Waals surface area (Å²) < 4.78 is 10.8. The number of hydrazone groups is 1. The number of benzene rings is 2. The predicted octanol–water partition coefficient (Wildman–Crippen LogP) is 3.45. The highest BCUT2D eigenvalue weighted by Gasteiger charge is 2.11. The molecule has 0 unspecified atom stereocenters. The third-order valence-corrected chi connectivity index (χ3v) is 4.49. The van der Waals surface area contributed by atoms with E-state index in [9.17, 15) is 4.79 Å². The molecule has 1 amide bonds. The largest absolute Gasteiger partial charge is 0.493 e. The average molecular weight is 441 g/mol. The van der Waals surface area contributed by atoms with E-state index < -0.39 is 0 Å². The minimum Gasteiger partial charge on any atom is -0.493 e. The van der Waals surface area contributed by atoms with Crippen LogP contribution in [0.4, 0.5) is 5.69 Å². The van der Waals surface area contributed by atoms with Crippen LogP contribution in [0.2, 0.25) is 10.0 Å². The molecule has 3 N–H and O–H groups in total. The van der Waals surface area contributed by atoms with E-state index in [2.05, 4.69) is 21.2 Å². The summed E-state index contributed by atoms with van der Waals surface area (Å²) in [6, 6.07) is 10.1. The highest BCUT2D eigenvalue weighted by Crippen LogP contribution is 2.30. The van der Waals surface area contributed by atoms with Crippen molar-refractivity contribution in [1.29, 1.82) is 0 Å². The fourth-order valence-electron chi connectivity index (χ4n) is 2.03. The molecular weight excluding hydrogens is 423 g/mol. The maximum atomic E-state index is 12.1. The van der Waals surface area contributed by atoms with Crippen LogP contribution >= 0.6 is 35.4 Å². The number of anilines is 1. The number of ether oxygens (including phenoxy) is 2. The summed E-state index contributed by atoms with van der Waals surface area (Å²) in [6.07, 6.45) is 1.57. The van der Waals surface area contributed by atoms with E-state index in [1.807, 2.05) is 0 Å². The SMILES string of the molecule is CNC(=S)N/N=C/c1ccc(OCC(=O)Nc2cccc(Cl)c2Cl)c(OC)c1. The molecule has 0 aliphatic carbocycles. The first-order chi connectivity index (χ1) is 13.4. The van der Waals surface area contributed by atoms with Crippen LogP contribution in [-0.2, 0) is 4.79 Å². The van der Waals surface area contributed by atoms with Gasteiger partial charge in [-0.15, -0.1) is 0 Å². The number of nitrogens with one attached hydrogen (secondary N) is 3. The first-order valence-electron chi connectivity index (χ1n) is 8.00. The summed E-state index contributed by atoms with van der Waals surface area (Å²) in [7, 11) is 3.19. The second kappa shape index (κ2) is 10.7. The Kier molecular flexibility index (Phi) is 8.31. The van der Waals surface area contributed by atoms with Crippen LogP contribution in [0.1, 0.15) is 5.56 Å². The maximum absolute atomic E-state index is 12.1. The van der Waals surface area contributed by atoms with E-state index in [1.165, 1.54) is 7.11 Å². The quantitative estimate of drug-likeness (QED) is 0.347. The number of halogens is 2. The molecule has 0 bridgehead atoms. The Morgan fingerprint density at radius 2 is 2.04 bits per heavy atom. The molecule has 0 radical (unpaired) electrons. The third kappa shape index (κ3) is 6.26. The van der Waals surface area contributed by atoms with Gasteiger partial charge in [-0.3, -0.25) is 10.2 Å². The molecule has 148 valence electrons. The average Bonchev–Trinajstić information content (AvgIpc) is 2.70. The minimum absolute atomic E-state index is 0.232. The van der Waals surface area contributed by atoms with E-state index in [0.717, 1.165) is 5.56 Å². The Balaban J connectivity index is 1.98. The van der Waals surface area contributed by atoms with Gasteiger partial charge in [0.05, 0.1) is 29.1 Å². The van der Waals surface area contributed by atoms with Gasteiger partial charge in [-0.2, -0.15) is 5.10 Å². The van der Waals surface area contributed by atoms with Crippen molar-refractivity contribution in [3.8, 4) is 11.5 Å². The number of methoxy groups -OCH3 is 1. The van der Waals surface area contributed by atoms with Crippen LogP contribution in [0.15, 0.2) is 41.5 Å². The molecule has 2 aromatic carbocycles. The van der Waals surface area contributed by atoms with E-state index in [-0.39, 0.29) is 17.5 Å². The predicted molar refractivity (Wildman–Crippen MR) is 116 cm³/mol. The molecule has 0 aliphatic heterocycles. The molecule has 0 fully saturated rings. The summed E-state index contributed by atoms with van der Waals surface area (Å²) in [4.78, 5) is 12.1. The van der Waals surface area contributed by atoms with Crippen LogP contribution < -0.4 is 25.5 Å². The molecule has 10 heteroatoms. The van der Waals surface area contributed by atoms with Crippen LogP contribution in [0.3, 0.4) is 0 Å². The number of nitrogens with zero attached hydrogens (tertiary/aromatic N) is 1. The normalized spacial score (nSPS) is 10.4. The number of hydrogen-bond donors (Lipinski definition) is 3. The van der Waals surface area contributed by atoms with Crippen molar-refractivity contribution in [3.05, 3.63) is 52.0 Å². The summed E-state index contributed by atoms with van der Waals surface area (Å²) in [6.45, 7) is -0.232. The molecule has 0 atom stereocenters. The smallest absolute Gasteiger partial charge is 0.262 e. The minimum atomic E-state index is -0.387. The Labute approximate surface area is 178 Å². The van der Waals surface area contributed by atoms with Crippen molar-refractivity contribution in [3.63, 3.8) is 0 Å². The van der Waals surface area contributed by atoms with Crippen LogP contribution in [0.5, 0.6) is 11.5 Å². The van der Waals surface area contributed by atoms with Gasteiger partial charge >= 0.3 is 0 Å². The zero-order valence-corrected chi connectivity index (χ0v) is 17.4. The number of carbonyl (C=O) groups is 1. The number of rotatable bonds is 7. The van der Waals surface area contributed by atoms with Gasteiger partial charge in [0.1, 0.15) is 0 Å². The molecule has 28 heavy (non-hydrogen) atoms. The van der Waals surface area contributed by atoms with E-state index in [0.29, 0.717) is 27.3 Å². The molecule has 2 rings (SSSR count). The molecular formula is C18H18Cl2N4O3S. The van der Waals surface area contributed by atoms with Crippen molar-refractivity contribution >= 4 is 58.3 Å². The van der Waals surface area contributed by atoms with E-state index in [4.69, 9.17) is 44.9 Å². The highest BCUT2D eigenvalue weighted by atomic mass is 35.5. The lowest BCUT2D eigenvalue weighted by atomic mass is 10.2. The number of thiocarbonyl (C=S) groups is 1. The topological polar surface area (TPSA) is 84.0 Å². The lowest BCUT2D eigenvalue weighted by Crippen LogP contribution is -2.28. The Morgan fingerprint density at radius 3 is 2.75 bits per heavy atom. The summed E-state index contributed by atoms with van der Waals surface area (Å²) in [5.41, 5.74) is 3.82. The maximum Gasteiger partial charge on any atom is 0.262 e. The summed E-state index contributed by atoms with van der Waals surface area (Å²) in [5, 5.41) is 10.4. The van der Waals surface area contributed by atoms with Crippen molar-refractivity contribution < 1.29 is 14.3 Å². The van der Waals surface area contributed by atoms with Crippen LogP contribution in [0, 0.1) is 0 Å². The number of hydrogen-bond acceptors (Lipinski definition) is 5. The lowest BCUT2D eigenvalue weighted by molar-refractivity contribution is -0.118. The molecule has 2 aromatic rings. The molecule has 0 saturated carbocycles. The number of amides is 1. The number of carbonyl (C=O) groups excluding carboxylic acids is 1. The molecule has 0 saturated heterocycles. The summed E-state index contributed by atoms with van der Waals surface area (Å²) in [5.74, 6) is 0.473. The zero-order chi connectivity index (χ0) is 20.5. The fraction of sp³-hybridized carbons (Fsp3) is 0.167. The second-order valence-electron chi connectivity index (χ2n) is 5.30. The highest BCUT2D eigenvalue weighted by molar-refractivity contribution is 7.80. The molecule has 0 heterocycles. The van der Waals surface area contributed by atoms with Crippen LogP contribution in [0.25, 0.3) is 0 Å². The Hall–Kier alpha value is -2.55. The van der Waals surface area contributed by atoms with E-state index in [1.54, 1.807) is 49.7 Å². The zero-order valence-electron chi connectivity index (χ0n) is 15.1. The third-order valence-electron chi connectivity index (χ3n) is 3.38. The molecule has 0 aromatic heterocycles. The van der Waals surface area contributed by atoms with Crippen molar-refractivity contribution in [2.75, 3.05) is 26.1 Å². The fourth-order valence-corrected chi connectivity index (χ4v) is 2.44. The van der Waals surface area contributed by atoms with E-state index >= 15 is 0 Å². The summed E-state index contributed by atoms with van der Waals surface area (Å²) >= 11 is 16.9. The van der Waals surface area contributed by atoms with Crippen molar-refractivity contribution in [2.24, 2.45) is 5.10 Å². The molecule has 0 aliphatic rings. The Bertz CT molecular complexity index is 893. The lowest BCUT2D eigenvalue weighted by Gasteiger charge is -2.12. The molecule has 7 nitrogen and oxygen atoms in total. The van der Waals surface area contributed by atoms with Gasteiger partial charge in [-0.1, -0.05) is 29.3 Å². The standard InChI is InChI=1S/C18H18Cl2N4O3S/c1-21-18(28)24-22-9-11-6-7-14(15(8-11)26-2)27-10-16(25)23-13-5-3-4-12(19)17(13)20/h3-9H,10H2,1-2H3,(H,23,25)(H2,21,24,28)/b22-9+. The van der Waals surface area contributed by atoms with Gasteiger partial charge < -0.3 is 20.1 Å². The van der Waals surface area contributed by atoms with Gasteiger partial charge in [0.15, 0.2) is 23.2 Å². The first-order valence-corrected chi connectivity index (χ1v) is 9.16. The first kappa shape index (κ1) is 21.7. The van der Waals surface area contributed by atoms with Crippen molar-refractivity contribution in [1.82, 2.24) is 10.7 Å². The monoisotopic (exact) mass is 440 g/mol. The van der Waals surface area contributed by atoms with Crippen molar-refractivity contribution in [2.45, 2.75) is 0 Å². The molecule has 0 spiro atoms. The second-order valence-corrected chi connectivity index (χ2v) is 6.49. The Morgan fingerprint density at radius 1 is 1.25 bits per heavy atom. The van der Waals surface area contributed by atoms with Gasteiger partial charge in [0, 0.05) is 7.05 Å². The van der Waals surface area contributed by atoms with Crippen LogP contribution in [-0.4, -0.2) is 38.0 Å². The van der Waals surface area contributed by atoms with Gasteiger partial charge in [-0.25, -0.2) is 0 Å². The van der Waals surface area contributed by atoms with Gasteiger partial charge in [0.25, 0.3) is 5.91 Å². The van der Waals surface area contributed by atoms with Gasteiger partial charge in [-0.05, 0) is 48.1 Å². The van der Waals surface area contributed by atoms with Gasteiger partial charge in [0.2, 0.25) is 0 Å².